The predicted octanol–water partition coefficient (Wildman–Crippen LogP) is 3.94. The van der Waals surface area contributed by atoms with Gasteiger partial charge in [0.15, 0.2) is 5.82 Å². The summed E-state index contributed by atoms with van der Waals surface area (Å²) in [6, 6.07) is 4.56. The second-order valence-corrected chi connectivity index (χ2v) is 10.6. The second kappa shape index (κ2) is 10.0. The third kappa shape index (κ3) is 5.37. The number of carbonyl (C=O) groups excluding carboxylic acids is 1. The van der Waals surface area contributed by atoms with Crippen molar-refractivity contribution in [3.8, 4) is 0 Å². The van der Waals surface area contributed by atoms with Crippen molar-refractivity contribution >= 4 is 23.6 Å². The van der Waals surface area contributed by atoms with E-state index in [-0.39, 0.29) is 24.2 Å². The molecule has 2 saturated heterocycles. The number of ether oxygens (including phenoxy) is 1. The average molecular weight is 481 g/mol. The lowest BCUT2D eigenvalue weighted by Crippen LogP contribution is -2.50. The minimum absolute atomic E-state index is 0.0564. The van der Waals surface area contributed by atoms with Crippen molar-refractivity contribution in [2.45, 2.75) is 107 Å². The van der Waals surface area contributed by atoms with Crippen LogP contribution in [0.15, 0.2) is 18.3 Å². The van der Waals surface area contributed by atoms with Gasteiger partial charge in [-0.25, -0.2) is 9.78 Å². The van der Waals surface area contributed by atoms with Crippen LogP contribution in [-0.2, 0) is 4.74 Å². The minimum atomic E-state index is -0.0564. The van der Waals surface area contributed by atoms with Crippen molar-refractivity contribution in [3.05, 3.63) is 24.0 Å². The van der Waals surface area contributed by atoms with Crippen LogP contribution in [0.5, 0.6) is 0 Å². The molecule has 2 unspecified atom stereocenters. The number of aromatic nitrogens is 4. The molecule has 2 aromatic heterocycles. The molecule has 10 nitrogen and oxygen atoms in total. The number of carbonyl (C=O) groups is 1. The van der Waals surface area contributed by atoms with E-state index in [0.29, 0.717) is 24.0 Å². The van der Waals surface area contributed by atoms with Gasteiger partial charge >= 0.3 is 6.03 Å². The molecule has 188 valence electrons. The average Bonchev–Trinajstić information content (AvgIpc) is 3.66. The van der Waals surface area contributed by atoms with Gasteiger partial charge in [-0.1, -0.05) is 12.8 Å². The number of aromatic amines is 1. The standard InChI is InChI=1S/C25H36N8O2/c34-25(29-20-13-18-9-10-21(20)35-18)28-17-7-5-16(6-8-17)27-24-26-12-11-22(31-24)30-23-14-19(32-33-23)15-3-1-2-4-15/h11-12,14-18,20-21H,1-10,13H2,(H2,28,29,34)(H3,26,27,30,31,32,33)/t16?,17?,18?,20?,21-/m0/s1. The lowest BCUT2D eigenvalue weighted by molar-refractivity contribution is 0.0980. The Morgan fingerprint density at radius 3 is 2.57 bits per heavy atom. The number of urea groups is 1. The SMILES string of the molecule is O=C(NC1CCC(Nc2nccc(Nc3cc(C4CCCC4)[nH]n3)n2)CC1)NC1CC2CC[C@@H]1O2. The van der Waals surface area contributed by atoms with Gasteiger partial charge in [-0.2, -0.15) is 10.1 Å². The lowest BCUT2D eigenvalue weighted by atomic mass is 9.91. The van der Waals surface area contributed by atoms with E-state index in [4.69, 9.17) is 4.74 Å². The number of nitrogens with zero attached hydrogens (tertiary/aromatic N) is 3. The van der Waals surface area contributed by atoms with Crippen molar-refractivity contribution < 1.29 is 9.53 Å². The van der Waals surface area contributed by atoms with E-state index in [9.17, 15) is 4.79 Å². The van der Waals surface area contributed by atoms with E-state index in [1.807, 2.05) is 6.07 Å². The Kier molecular flexibility index (Phi) is 6.45. The molecule has 4 heterocycles. The molecule has 2 aliphatic carbocycles. The van der Waals surface area contributed by atoms with E-state index >= 15 is 0 Å². The number of nitrogens with one attached hydrogen (secondary N) is 5. The molecule has 2 bridgehead atoms. The Labute approximate surface area is 205 Å². The molecule has 4 aliphatic rings. The minimum Gasteiger partial charge on any atom is -0.373 e. The van der Waals surface area contributed by atoms with Crippen molar-refractivity contribution in [2.75, 3.05) is 10.6 Å². The summed E-state index contributed by atoms with van der Waals surface area (Å²) in [5.41, 5.74) is 1.21. The number of hydrogen-bond acceptors (Lipinski definition) is 7. The molecule has 35 heavy (non-hydrogen) atoms. The van der Waals surface area contributed by atoms with Crippen LogP contribution < -0.4 is 21.3 Å². The van der Waals surface area contributed by atoms with Crippen LogP contribution in [0.4, 0.5) is 22.4 Å². The monoisotopic (exact) mass is 480 g/mol. The zero-order valence-corrected chi connectivity index (χ0v) is 20.1. The number of fused-ring (bicyclic) bond motifs is 2. The maximum Gasteiger partial charge on any atom is 0.315 e. The molecule has 2 aliphatic heterocycles. The van der Waals surface area contributed by atoms with E-state index < -0.39 is 0 Å². The van der Waals surface area contributed by atoms with E-state index in [1.165, 1.54) is 31.4 Å². The summed E-state index contributed by atoms with van der Waals surface area (Å²) >= 11 is 0. The summed E-state index contributed by atoms with van der Waals surface area (Å²) in [7, 11) is 0. The van der Waals surface area contributed by atoms with Crippen molar-refractivity contribution in [3.63, 3.8) is 0 Å². The summed E-state index contributed by atoms with van der Waals surface area (Å²) in [6.45, 7) is 0. The number of H-pyrrole nitrogens is 1. The van der Waals surface area contributed by atoms with Crippen LogP contribution in [0.25, 0.3) is 0 Å². The zero-order chi connectivity index (χ0) is 23.6. The fraction of sp³-hybridized carbons (Fsp3) is 0.680. The maximum atomic E-state index is 12.5. The third-order valence-electron chi connectivity index (χ3n) is 8.12. The molecule has 0 spiro atoms. The molecular formula is C25H36N8O2. The molecule has 4 fully saturated rings. The number of rotatable bonds is 7. The fourth-order valence-corrected chi connectivity index (χ4v) is 6.23. The fourth-order valence-electron chi connectivity index (χ4n) is 6.23. The Balaban J connectivity index is 0.953. The summed E-state index contributed by atoms with van der Waals surface area (Å²) in [4.78, 5) is 21.5. The van der Waals surface area contributed by atoms with Gasteiger partial charge in [0.25, 0.3) is 0 Å². The molecule has 2 aromatic rings. The Hall–Kier alpha value is -2.88. The smallest absolute Gasteiger partial charge is 0.315 e. The highest BCUT2D eigenvalue weighted by Gasteiger charge is 2.41. The van der Waals surface area contributed by atoms with Gasteiger partial charge in [-0.05, 0) is 63.9 Å². The first kappa shape index (κ1) is 22.6. The summed E-state index contributed by atoms with van der Waals surface area (Å²) in [5.74, 6) is 2.73. The van der Waals surface area contributed by atoms with Gasteiger partial charge in [-0.3, -0.25) is 5.10 Å². The lowest BCUT2D eigenvalue weighted by Gasteiger charge is -2.30. The van der Waals surface area contributed by atoms with E-state index in [2.05, 4.69) is 47.5 Å². The third-order valence-corrected chi connectivity index (χ3v) is 8.12. The van der Waals surface area contributed by atoms with Crippen LogP contribution in [0.3, 0.4) is 0 Å². The molecule has 2 saturated carbocycles. The quantitative estimate of drug-likeness (QED) is 0.406. The van der Waals surface area contributed by atoms with Crippen LogP contribution in [0.2, 0.25) is 0 Å². The van der Waals surface area contributed by atoms with Gasteiger partial charge in [0, 0.05) is 36.0 Å². The van der Waals surface area contributed by atoms with E-state index in [0.717, 1.165) is 56.6 Å². The predicted molar refractivity (Wildman–Crippen MR) is 133 cm³/mol. The summed E-state index contributed by atoms with van der Waals surface area (Å²) < 4.78 is 5.84. The zero-order valence-electron chi connectivity index (χ0n) is 20.1. The first-order chi connectivity index (χ1) is 17.2. The maximum absolute atomic E-state index is 12.5. The molecule has 0 radical (unpaired) electrons. The van der Waals surface area contributed by atoms with Crippen molar-refractivity contribution in [2.24, 2.45) is 0 Å². The highest BCUT2D eigenvalue weighted by molar-refractivity contribution is 5.74. The van der Waals surface area contributed by atoms with Crippen LogP contribution in [0.1, 0.15) is 82.2 Å². The topological polar surface area (TPSA) is 129 Å². The van der Waals surface area contributed by atoms with Crippen LogP contribution in [-0.4, -0.2) is 56.5 Å². The molecule has 2 amide bonds. The highest BCUT2D eigenvalue weighted by atomic mass is 16.5. The summed E-state index contributed by atoms with van der Waals surface area (Å²) in [6.07, 6.45) is 14.3. The van der Waals surface area contributed by atoms with Crippen LogP contribution in [0, 0.1) is 0 Å². The van der Waals surface area contributed by atoms with Crippen molar-refractivity contribution in [1.82, 2.24) is 30.8 Å². The molecule has 10 heteroatoms. The molecule has 5 N–H and O–H groups in total. The normalized spacial score (nSPS) is 30.3. The second-order valence-electron chi connectivity index (χ2n) is 10.6. The van der Waals surface area contributed by atoms with E-state index in [1.54, 1.807) is 6.20 Å². The van der Waals surface area contributed by atoms with Crippen LogP contribution >= 0.6 is 0 Å². The Morgan fingerprint density at radius 1 is 0.971 bits per heavy atom. The van der Waals surface area contributed by atoms with Crippen molar-refractivity contribution in [1.29, 1.82) is 0 Å². The molecule has 6 rings (SSSR count). The van der Waals surface area contributed by atoms with Gasteiger partial charge < -0.3 is 26.0 Å². The molecular weight excluding hydrogens is 444 g/mol. The first-order valence-electron chi connectivity index (χ1n) is 13.3. The molecule has 0 aromatic carbocycles. The Bertz CT molecular complexity index is 1010. The largest absolute Gasteiger partial charge is 0.373 e. The van der Waals surface area contributed by atoms with Gasteiger partial charge in [0.1, 0.15) is 5.82 Å². The first-order valence-corrected chi connectivity index (χ1v) is 13.3. The van der Waals surface area contributed by atoms with Gasteiger partial charge in [0.05, 0.1) is 18.2 Å². The number of hydrogen-bond donors (Lipinski definition) is 5. The number of amides is 2. The number of anilines is 3. The van der Waals surface area contributed by atoms with Gasteiger partial charge in [0.2, 0.25) is 5.95 Å². The highest BCUT2D eigenvalue weighted by Crippen LogP contribution is 2.35. The van der Waals surface area contributed by atoms with Gasteiger partial charge in [-0.15, -0.1) is 0 Å². The Morgan fingerprint density at radius 2 is 1.80 bits per heavy atom. The molecule has 3 atom stereocenters. The summed E-state index contributed by atoms with van der Waals surface area (Å²) in [5, 5.41) is 20.7.